The van der Waals surface area contributed by atoms with Gasteiger partial charge in [-0.1, -0.05) is 82.4 Å². The third-order valence-corrected chi connectivity index (χ3v) is 20.1. The Morgan fingerprint density at radius 3 is 0.895 bits per heavy atom. The average molecular weight is 1570 g/mol. The molecule has 5 aliphatic heterocycles. The number of benzene rings is 4. The van der Waals surface area contributed by atoms with Gasteiger partial charge in [0.2, 0.25) is 0 Å². The zero-order chi connectivity index (χ0) is 78.9. The summed E-state index contributed by atoms with van der Waals surface area (Å²) in [7, 11) is 0. The molecule has 10 aromatic rings. The van der Waals surface area contributed by atoms with Crippen molar-refractivity contribution in [3.05, 3.63) is 186 Å². The molecule has 0 saturated carbocycles. The number of hydrogen-bond acceptors (Lipinski definition) is 29. The lowest BCUT2D eigenvalue weighted by Crippen LogP contribution is -2.59. The molecule has 15 atom stereocenters. The van der Waals surface area contributed by atoms with Crippen LogP contribution in [0.5, 0.6) is 17.2 Å². The zero-order valence-electron chi connectivity index (χ0n) is 61.4. The van der Waals surface area contributed by atoms with Crippen molar-refractivity contribution >= 4 is 46.4 Å². The molecule has 0 spiro atoms. The number of aliphatic hydroxyl groups is 12. The smallest absolute Gasteiger partial charge is 0.187 e. The van der Waals surface area contributed by atoms with E-state index in [1.54, 1.807) is 32.6 Å². The van der Waals surface area contributed by atoms with Crippen LogP contribution in [0, 0.1) is 0 Å². The highest BCUT2D eigenvalue weighted by molar-refractivity contribution is 6.00. The molecule has 3 fully saturated rings. The van der Waals surface area contributed by atoms with Crippen molar-refractivity contribution in [1.82, 2.24) is 64.9 Å². The third kappa shape index (κ3) is 17.8. The van der Waals surface area contributed by atoms with Crippen LogP contribution in [-0.4, -0.2) is 258 Å². The molecular formula is C80H87N13O21. The van der Waals surface area contributed by atoms with E-state index in [0.717, 1.165) is 72.3 Å². The number of aromatic nitrogens is 13. The van der Waals surface area contributed by atoms with Crippen LogP contribution in [0.2, 0.25) is 0 Å². The minimum absolute atomic E-state index is 0.115. The molecule has 3 saturated heterocycles. The van der Waals surface area contributed by atoms with Crippen molar-refractivity contribution < 1.29 is 104 Å². The third-order valence-electron chi connectivity index (χ3n) is 20.1. The molecule has 34 nitrogen and oxygen atoms in total. The first kappa shape index (κ1) is 78.8. The molecule has 14 N–H and O–H groups in total. The lowest BCUT2D eigenvalue weighted by Gasteiger charge is -2.39. The SMILES string of the molecule is OC[C@H]1O[C@@H](OCc2cn(CCCOc3ccc(-c4c5nc(c(-c6ccc(OCCCn7cc(CO[C@@H]8O[C@H](CO)[C@@H](O)[C@H](O)[C@H]8O)nn7)cc6)c6ccc([nH]6)c(-c6ccc(OCCCn7cc(CO[C@@H]8O[C@H](CO)[C@@H](O)[C@H](O)[C@H]8O)nn7)cc6)c6nc(c(-c7ccccc7)c7ccc4[nH]7)C=C6)C=C5)cc3)nn2)[C@H](O)[C@@H](O)[C@@H]1O. The van der Waals surface area contributed by atoms with Gasteiger partial charge < -0.3 is 114 Å². The summed E-state index contributed by atoms with van der Waals surface area (Å²) in [6, 6.07) is 41.9. The van der Waals surface area contributed by atoms with Gasteiger partial charge in [-0.2, -0.15) is 0 Å². The topological polar surface area (TPSA) is 475 Å². The number of aromatic amines is 2. The van der Waals surface area contributed by atoms with Gasteiger partial charge in [-0.05, 0) is 107 Å². The van der Waals surface area contributed by atoms with Crippen molar-refractivity contribution in [3.63, 3.8) is 0 Å². The van der Waals surface area contributed by atoms with Crippen LogP contribution >= 0.6 is 0 Å². The van der Waals surface area contributed by atoms with Crippen LogP contribution in [0.1, 0.15) is 59.1 Å². The highest BCUT2D eigenvalue weighted by Gasteiger charge is 2.47. The van der Waals surface area contributed by atoms with E-state index in [0.29, 0.717) is 110 Å². The molecule has 0 radical (unpaired) electrons. The minimum atomic E-state index is -1.58. The Bertz CT molecular complexity index is 4980. The van der Waals surface area contributed by atoms with Crippen LogP contribution in [-0.2, 0) is 67.9 Å². The van der Waals surface area contributed by atoms with Crippen molar-refractivity contribution in [2.24, 2.45) is 0 Å². The largest absolute Gasteiger partial charge is 0.494 e. The van der Waals surface area contributed by atoms with E-state index < -0.39 is 112 Å². The number of ether oxygens (including phenoxy) is 9. The van der Waals surface area contributed by atoms with Crippen LogP contribution in [0.15, 0.2) is 146 Å². The van der Waals surface area contributed by atoms with E-state index in [-0.39, 0.29) is 19.8 Å². The maximum atomic E-state index is 10.4. The Morgan fingerprint density at radius 1 is 0.333 bits per heavy atom. The summed E-state index contributed by atoms with van der Waals surface area (Å²) in [4.78, 5) is 18.6. The Balaban J connectivity index is 0.695. The fraction of sp³-hybridized carbons (Fsp3) is 0.375. The molecule has 15 rings (SSSR count). The van der Waals surface area contributed by atoms with Gasteiger partial charge in [0.1, 0.15) is 108 Å². The number of aryl methyl sites for hydroxylation is 3. The minimum Gasteiger partial charge on any atom is -0.494 e. The molecule has 8 bridgehead atoms. The van der Waals surface area contributed by atoms with Gasteiger partial charge in [0.05, 0.1) is 101 Å². The monoisotopic (exact) mass is 1570 g/mol. The van der Waals surface area contributed by atoms with Crippen molar-refractivity contribution in [1.29, 1.82) is 0 Å². The summed E-state index contributed by atoms with van der Waals surface area (Å²) in [6.07, 6.45) is -6.31. The molecular weight excluding hydrogens is 1480 g/mol. The molecule has 0 amide bonds. The number of H-pyrrole nitrogens is 2. The lowest BCUT2D eigenvalue weighted by molar-refractivity contribution is -0.304. The van der Waals surface area contributed by atoms with Gasteiger partial charge in [0, 0.05) is 83.2 Å². The Hall–Kier alpha value is -10.4. The predicted octanol–water partition coefficient (Wildman–Crippen LogP) is 3.45. The van der Waals surface area contributed by atoms with Crippen LogP contribution in [0.4, 0.5) is 0 Å². The van der Waals surface area contributed by atoms with Crippen molar-refractivity contribution in [2.75, 3.05) is 39.6 Å². The second-order valence-corrected chi connectivity index (χ2v) is 28.0. The molecule has 6 aromatic heterocycles. The average Bonchev–Trinajstić information content (AvgIpc) is 1.70. The quantitative estimate of drug-likeness (QED) is 0.0277. The predicted molar refractivity (Wildman–Crippen MR) is 407 cm³/mol. The molecule has 34 heteroatoms. The van der Waals surface area contributed by atoms with Crippen molar-refractivity contribution in [2.45, 2.75) is 151 Å². The first-order valence-corrected chi connectivity index (χ1v) is 37.4. The van der Waals surface area contributed by atoms with E-state index in [2.05, 4.69) is 65.2 Å². The van der Waals surface area contributed by atoms with Crippen LogP contribution in [0.25, 0.3) is 90.9 Å². The van der Waals surface area contributed by atoms with Gasteiger partial charge in [-0.25, -0.2) is 9.97 Å². The van der Waals surface area contributed by atoms with E-state index >= 15 is 0 Å². The Labute approximate surface area is 650 Å². The fourth-order valence-electron chi connectivity index (χ4n) is 14.1. The maximum absolute atomic E-state index is 10.4. The first-order chi connectivity index (χ1) is 55.5. The van der Waals surface area contributed by atoms with E-state index in [1.807, 2.05) is 127 Å². The first-order valence-electron chi connectivity index (χ1n) is 37.4. The van der Waals surface area contributed by atoms with Crippen LogP contribution < -0.4 is 14.2 Å². The second-order valence-electron chi connectivity index (χ2n) is 28.0. The summed E-state index contributed by atoms with van der Waals surface area (Å²) in [6.45, 7) is 0.270. The molecule has 0 aliphatic carbocycles. The number of rotatable bonds is 31. The summed E-state index contributed by atoms with van der Waals surface area (Å²) in [5.74, 6) is 1.89. The van der Waals surface area contributed by atoms with Gasteiger partial charge in [-0.15, -0.1) is 15.3 Å². The summed E-state index contributed by atoms with van der Waals surface area (Å²) in [5, 5.41) is 146. The molecule has 11 heterocycles. The standard InChI is InChI=1S/C80H87N13O21/c94-38-62-69(97)72(100)75(103)78(112-62)109-41-48-35-91(88-85-48)29-4-32-106-51-15-9-45(10-16-51)66-56-23-21-54(81-56)65(44-7-2-1-3-8-44)55-22-24-57(82-55)67(46-11-17-52(18-12-46)107-33-5-30-92-36-49(86-89-92)42-110-79-76(104)73(101)70(98)63(39-95)113-79)59-26-28-61(84-59)68(60-27-25-58(66)83-60)47-13-19-53(20-14-47)108-34-6-31-93-37-50(87-90-93)43-111-80-77(105)74(102)71(99)64(40-96)114-80/h1-3,7-28,35-37,62-64,69-81,84,94-105H,4-6,29-34,38-43H2/t62-,63-,64-,69-,70-,71-,72+,73+,74+,75-,76-,77-,78-,79-,80-/m1/s1. The van der Waals surface area contributed by atoms with E-state index in [4.69, 9.17) is 52.6 Å². The Morgan fingerprint density at radius 2 is 0.614 bits per heavy atom. The molecule has 4 aromatic carbocycles. The fourth-order valence-corrected chi connectivity index (χ4v) is 14.1. The second kappa shape index (κ2) is 36.0. The van der Waals surface area contributed by atoms with E-state index in [9.17, 15) is 61.3 Å². The Kier molecular flexibility index (Phi) is 24.9. The summed E-state index contributed by atoms with van der Waals surface area (Å²) < 4.78 is 57.2. The normalized spacial score (nSPS) is 24.2. The van der Waals surface area contributed by atoms with Crippen molar-refractivity contribution in [3.8, 4) is 61.8 Å². The number of aliphatic hydroxyl groups excluding tert-OH is 12. The molecule has 0 unspecified atom stereocenters. The molecule has 114 heavy (non-hydrogen) atoms. The highest BCUT2D eigenvalue weighted by Crippen LogP contribution is 2.40. The maximum Gasteiger partial charge on any atom is 0.187 e. The molecule has 5 aliphatic rings. The van der Waals surface area contributed by atoms with Crippen LogP contribution in [0.3, 0.4) is 0 Å². The zero-order valence-corrected chi connectivity index (χ0v) is 61.4. The van der Waals surface area contributed by atoms with E-state index in [1.165, 1.54) is 0 Å². The number of nitrogens with one attached hydrogen (secondary N) is 2. The van der Waals surface area contributed by atoms with Gasteiger partial charge in [0.25, 0.3) is 0 Å². The van der Waals surface area contributed by atoms with Gasteiger partial charge in [-0.3, -0.25) is 14.0 Å². The summed E-state index contributed by atoms with van der Waals surface area (Å²) >= 11 is 0. The van der Waals surface area contributed by atoms with Gasteiger partial charge >= 0.3 is 0 Å². The molecule has 598 valence electrons. The number of hydrogen-bond donors (Lipinski definition) is 14. The lowest BCUT2D eigenvalue weighted by atomic mass is 9.99. The van der Waals surface area contributed by atoms with Gasteiger partial charge in [0.15, 0.2) is 18.9 Å². The number of fused-ring (bicyclic) bond motifs is 8. The highest BCUT2D eigenvalue weighted by atomic mass is 16.7. The summed E-state index contributed by atoms with van der Waals surface area (Å²) in [5.41, 5.74) is 14.0. The number of nitrogens with zero attached hydrogens (tertiary/aromatic N) is 11.